The van der Waals surface area contributed by atoms with Crippen LogP contribution < -0.4 is 4.74 Å². The minimum absolute atomic E-state index is 0.252. The van der Waals surface area contributed by atoms with Crippen molar-refractivity contribution >= 4 is 16.9 Å². The summed E-state index contributed by atoms with van der Waals surface area (Å²) in [7, 11) is 1.62. The summed E-state index contributed by atoms with van der Waals surface area (Å²) in [4.78, 5) is 18.7. The number of pyridine rings is 1. The molecule has 3 heterocycles. The number of H-pyrrole nitrogens is 1. The molecule has 1 saturated heterocycles. The molecule has 4 aromatic rings. The molecule has 0 saturated carbocycles. The average molecular weight is 444 g/mol. The Balaban J connectivity index is 1.49. The van der Waals surface area contributed by atoms with Crippen molar-refractivity contribution in [2.75, 3.05) is 20.2 Å². The van der Waals surface area contributed by atoms with E-state index >= 15 is 0 Å². The van der Waals surface area contributed by atoms with Gasteiger partial charge in [0.25, 0.3) is 5.91 Å². The number of aromatic nitrogens is 3. The van der Waals surface area contributed by atoms with Crippen molar-refractivity contribution in [3.8, 4) is 28.1 Å². The number of β-amino-alcohol motifs (C(OH)–C–C–N with tert-alkyl or cyclic N) is 1. The zero-order valence-corrected chi connectivity index (χ0v) is 18.1. The van der Waals surface area contributed by atoms with E-state index in [1.54, 1.807) is 31.5 Å². The van der Waals surface area contributed by atoms with Gasteiger partial charge >= 0.3 is 0 Å². The molecule has 2 unspecified atom stereocenters. The Bertz CT molecular complexity index is 1320. The Kier molecular flexibility index (Phi) is 5.53. The molecule has 2 aromatic heterocycles. The van der Waals surface area contributed by atoms with Crippen LogP contribution in [-0.4, -0.2) is 62.5 Å². The van der Waals surface area contributed by atoms with Crippen LogP contribution in [0.1, 0.15) is 18.1 Å². The van der Waals surface area contributed by atoms with Gasteiger partial charge in [-0.3, -0.25) is 9.89 Å². The summed E-state index contributed by atoms with van der Waals surface area (Å²) >= 11 is 0. The van der Waals surface area contributed by atoms with E-state index in [-0.39, 0.29) is 6.54 Å². The molecule has 0 spiro atoms. The fraction of sp³-hybridized carbons (Fsp3) is 0.240. The molecule has 168 valence electrons. The Hall–Kier alpha value is -3.75. The number of aliphatic hydroxyl groups excluding tert-OH is 2. The van der Waals surface area contributed by atoms with E-state index in [2.05, 4.69) is 15.2 Å². The molecule has 2 aromatic carbocycles. The van der Waals surface area contributed by atoms with Crippen molar-refractivity contribution in [3.05, 3.63) is 66.4 Å². The fourth-order valence-electron chi connectivity index (χ4n) is 4.25. The summed E-state index contributed by atoms with van der Waals surface area (Å²) in [6.45, 7) is 0.700. The van der Waals surface area contributed by atoms with Crippen LogP contribution in [0.4, 0.5) is 0 Å². The number of carbonyl (C=O) groups is 1. The summed E-state index contributed by atoms with van der Waals surface area (Å²) in [5.41, 5.74) is 4.39. The van der Waals surface area contributed by atoms with Crippen LogP contribution in [0.15, 0.2) is 60.8 Å². The fourth-order valence-corrected chi connectivity index (χ4v) is 4.25. The van der Waals surface area contributed by atoms with Crippen molar-refractivity contribution in [2.45, 2.75) is 18.6 Å². The van der Waals surface area contributed by atoms with Gasteiger partial charge in [-0.1, -0.05) is 30.3 Å². The summed E-state index contributed by atoms with van der Waals surface area (Å²) in [5, 5.41) is 28.6. The highest BCUT2D eigenvalue weighted by molar-refractivity contribution is 5.94. The first-order chi connectivity index (χ1) is 16.0. The molecule has 1 amide bonds. The van der Waals surface area contributed by atoms with Crippen molar-refractivity contribution < 1.29 is 19.7 Å². The van der Waals surface area contributed by atoms with Gasteiger partial charge in [0.05, 0.1) is 13.2 Å². The van der Waals surface area contributed by atoms with Gasteiger partial charge in [0.1, 0.15) is 11.4 Å². The molecule has 33 heavy (non-hydrogen) atoms. The maximum absolute atomic E-state index is 12.7. The molecular weight excluding hydrogens is 420 g/mol. The van der Waals surface area contributed by atoms with Gasteiger partial charge in [-0.15, -0.1) is 0 Å². The predicted molar refractivity (Wildman–Crippen MR) is 123 cm³/mol. The number of benzene rings is 2. The van der Waals surface area contributed by atoms with Crippen LogP contribution in [0.3, 0.4) is 0 Å². The van der Waals surface area contributed by atoms with Crippen molar-refractivity contribution in [1.82, 2.24) is 20.1 Å². The van der Waals surface area contributed by atoms with Crippen LogP contribution in [0.25, 0.3) is 33.4 Å². The normalized spacial score (nSPS) is 16.8. The Labute approximate surface area is 190 Å². The van der Waals surface area contributed by atoms with E-state index in [4.69, 9.17) is 4.74 Å². The number of methoxy groups -OCH3 is 1. The molecular formula is C25H24N4O4. The van der Waals surface area contributed by atoms with E-state index in [0.29, 0.717) is 29.9 Å². The van der Waals surface area contributed by atoms with E-state index in [1.807, 2.05) is 36.4 Å². The van der Waals surface area contributed by atoms with E-state index in [9.17, 15) is 15.0 Å². The van der Waals surface area contributed by atoms with E-state index in [1.165, 1.54) is 4.90 Å². The quantitative estimate of drug-likeness (QED) is 0.436. The number of rotatable bonds is 5. The van der Waals surface area contributed by atoms with Crippen LogP contribution >= 0.6 is 0 Å². The molecule has 0 radical (unpaired) electrons. The van der Waals surface area contributed by atoms with Crippen LogP contribution in [0.5, 0.6) is 5.75 Å². The minimum Gasteiger partial charge on any atom is -0.496 e. The van der Waals surface area contributed by atoms with Crippen molar-refractivity contribution in [3.63, 3.8) is 0 Å². The molecule has 5 rings (SSSR count). The summed E-state index contributed by atoms with van der Waals surface area (Å²) in [6, 6.07) is 16.9. The lowest BCUT2D eigenvalue weighted by atomic mass is 9.99. The lowest BCUT2D eigenvalue weighted by Crippen LogP contribution is -2.33. The molecule has 8 heteroatoms. The van der Waals surface area contributed by atoms with Crippen molar-refractivity contribution in [2.24, 2.45) is 0 Å². The number of hydrogen-bond acceptors (Lipinski definition) is 6. The van der Waals surface area contributed by atoms with Gasteiger partial charge in [-0.2, -0.15) is 5.10 Å². The summed E-state index contributed by atoms with van der Waals surface area (Å²) in [6.07, 6.45) is 0.447. The predicted octanol–water partition coefficient (Wildman–Crippen LogP) is 2.93. The summed E-state index contributed by atoms with van der Waals surface area (Å²) < 4.78 is 5.49. The first-order valence-corrected chi connectivity index (χ1v) is 10.8. The topological polar surface area (TPSA) is 112 Å². The number of aliphatic hydroxyl groups is 2. The van der Waals surface area contributed by atoms with Crippen molar-refractivity contribution in [1.29, 1.82) is 0 Å². The Morgan fingerprint density at radius 2 is 2.03 bits per heavy atom. The minimum atomic E-state index is -1.29. The lowest BCUT2D eigenvalue weighted by molar-refractivity contribution is -0.139. The smallest absolute Gasteiger partial charge is 0.256 e. The average Bonchev–Trinajstić information content (AvgIpc) is 3.49. The highest BCUT2D eigenvalue weighted by atomic mass is 16.5. The third-order valence-corrected chi connectivity index (χ3v) is 6.02. The second kappa shape index (κ2) is 8.65. The molecule has 3 N–H and O–H groups in total. The zero-order valence-electron chi connectivity index (χ0n) is 18.1. The van der Waals surface area contributed by atoms with Gasteiger partial charge in [0.15, 0.2) is 11.8 Å². The maximum Gasteiger partial charge on any atom is 0.256 e. The summed E-state index contributed by atoms with van der Waals surface area (Å²) in [5.74, 6) is 0.317. The van der Waals surface area contributed by atoms with Gasteiger partial charge in [0, 0.05) is 35.8 Å². The van der Waals surface area contributed by atoms with Gasteiger partial charge in [0.2, 0.25) is 0 Å². The monoisotopic (exact) mass is 444 g/mol. The van der Waals surface area contributed by atoms with E-state index in [0.717, 1.165) is 27.8 Å². The number of para-hydroxylation sites is 1. The number of carbonyl (C=O) groups excluding carboxylic acids is 1. The third-order valence-electron chi connectivity index (χ3n) is 6.02. The van der Waals surface area contributed by atoms with Crippen LogP contribution in [0.2, 0.25) is 0 Å². The zero-order chi connectivity index (χ0) is 22.9. The number of amides is 1. The highest BCUT2D eigenvalue weighted by Gasteiger charge is 2.29. The third kappa shape index (κ3) is 3.94. The largest absolute Gasteiger partial charge is 0.496 e. The molecule has 2 atom stereocenters. The first kappa shape index (κ1) is 21.1. The van der Waals surface area contributed by atoms with Gasteiger partial charge < -0.3 is 19.8 Å². The van der Waals surface area contributed by atoms with E-state index < -0.39 is 18.1 Å². The number of fused-ring (bicyclic) bond motifs is 1. The standard InChI is InChI=1S/C25H24N4O4/c1-33-21-8-3-2-7-19(21)22-20-12-17(13-26-24(20)28-27-22)15-5-4-6-16(11-15)23(31)25(32)29-10-9-18(30)14-29/h2-8,11-13,18,23,30-31H,9-10,14H2,1H3,(H,26,27,28). The number of nitrogens with one attached hydrogen (secondary N) is 1. The van der Waals surface area contributed by atoms with Gasteiger partial charge in [-0.05, 0) is 41.8 Å². The Morgan fingerprint density at radius 1 is 1.18 bits per heavy atom. The number of ether oxygens (including phenoxy) is 1. The number of likely N-dealkylation sites (tertiary alicyclic amines) is 1. The molecule has 1 aliphatic heterocycles. The lowest BCUT2D eigenvalue weighted by Gasteiger charge is -2.20. The molecule has 1 fully saturated rings. The first-order valence-electron chi connectivity index (χ1n) is 10.8. The second-order valence-electron chi connectivity index (χ2n) is 8.15. The number of hydrogen-bond donors (Lipinski definition) is 3. The van der Waals surface area contributed by atoms with Crippen LogP contribution in [0, 0.1) is 0 Å². The number of aromatic amines is 1. The highest BCUT2D eigenvalue weighted by Crippen LogP contribution is 2.34. The molecule has 8 nitrogen and oxygen atoms in total. The SMILES string of the molecule is COc1ccccc1-c1n[nH]c2ncc(-c3cccc(C(O)C(=O)N4CCC(O)C4)c3)cc12. The molecule has 0 aliphatic carbocycles. The molecule has 0 bridgehead atoms. The number of nitrogens with zero attached hydrogens (tertiary/aromatic N) is 3. The van der Waals surface area contributed by atoms with Gasteiger partial charge in [-0.25, -0.2) is 4.98 Å². The maximum atomic E-state index is 12.7. The second-order valence-corrected chi connectivity index (χ2v) is 8.15. The Morgan fingerprint density at radius 3 is 2.82 bits per heavy atom. The molecule has 1 aliphatic rings. The van der Waals surface area contributed by atoms with Crippen LogP contribution in [-0.2, 0) is 4.79 Å².